The van der Waals surface area contributed by atoms with E-state index in [-0.39, 0.29) is 11.6 Å². The van der Waals surface area contributed by atoms with Gasteiger partial charge in [-0.1, -0.05) is 37.6 Å². The number of para-hydroxylation sites is 1. The standard InChI is InChI=1S/C15H17ClN4O/c1-10(2)7-18-14-9-17-13(8-19-14)15(21)20-12-6-4-3-5-11(12)16/h3-6,8-10H,7H2,1-2H3,(H,18,19)(H,20,21). The lowest BCUT2D eigenvalue weighted by Gasteiger charge is -2.09. The fourth-order valence-electron chi connectivity index (χ4n) is 1.59. The van der Waals surface area contributed by atoms with Gasteiger partial charge >= 0.3 is 0 Å². The molecule has 21 heavy (non-hydrogen) atoms. The maximum absolute atomic E-state index is 12.1. The first-order chi connectivity index (χ1) is 10.1. The molecule has 0 aliphatic heterocycles. The molecule has 0 aliphatic carbocycles. The Bertz CT molecular complexity index is 613. The molecule has 1 amide bonds. The quantitative estimate of drug-likeness (QED) is 0.888. The lowest BCUT2D eigenvalue weighted by atomic mass is 10.2. The Labute approximate surface area is 128 Å². The molecule has 110 valence electrons. The molecule has 0 fully saturated rings. The van der Waals surface area contributed by atoms with Gasteiger partial charge in [0.1, 0.15) is 11.5 Å². The molecule has 6 heteroatoms. The van der Waals surface area contributed by atoms with E-state index in [2.05, 4.69) is 34.4 Å². The zero-order valence-electron chi connectivity index (χ0n) is 11.9. The second kappa shape index (κ2) is 7.04. The average Bonchev–Trinajstić information content (AvgIpc) is 2.48. The van der Waals surface area contributed by atoms with E-state index in [1.807, 2.05) is 0 Å². The number of aromatic nitrogens is 2. The third kappa shape index (κ3) is 4.43. The summed E-state index contributed by atoms with van der Waals surface area (Å²) in [4.78, 5) is 20.3. The van der Waals surface area contributed by atoms with Crippen molar-refractivity contribution in [3.05, 3.63) is 47.4 Å². The lowest BCUT2D eigenvalue weighted by Crippen LogP contribution is -2.15. The molecule has 0 unspecified atom stereocenters. The Balaban J connectivity index is 2.01. The first-order valence-corrected chi connectivity index (χ1v) is 7.06. The van der Waals surface area contributed by atoms with Gasteiger partial charge in [0.2, 0.25) is 0 Å². The monoisotopic (exact) mass is 304 g/mol. The van der Waals surface area contributed by atoms with E-state index in [1.165, 1.54) is 6.20 Å². The molecule has 5 nitrogen and oxygen atoms in total. The summed E-state index contributed by atoms with van der Waals surface area (Å²) < 4.78 is 0. The van der Waals surface area contributed by atoms with Gasteiger partial charge in [0.15, 0.2) is 0 Å². The Hall–Kier alpha value is -2.14. The number of nitrogens with one attached hydrogen (secondary N) is 2. The summed E-state index contributed by atoms with van der Waals surface area (Å²) in [5.74, 6) is 0.819. The zero-order chi connectivity index (χ0) is 15.2. The summed E-state index contributed by atoms with van der Waals surface area (Å²) in [6.07, 6.45) is 2.98. The van der Waals surface area contributed by atoms with E-state index in [0.717, 1.165) is 6.54 Å². The summed E-state index contributed by atoms with van der Waals surface area (Å²) in [7, 11) is 0. The molecule has 0 radical (unpaired) electrons. The van der Waals surface area contributed by atoms with E-state index in [4.69, 9.17) is 11.6 Å². The van der Waals surface area contributed by atoms with Gasteiger partial charge in [0.25, 0.3) is 5.91 Å². The molecule has 0 saturated heterocycles. The number of carbonyl (C=O) groups excluding carboxylic acids is 1. The van der Waals surface area contributed by atoms with Crippen molar-refractivity contribution in [2.75, 3.05) is 17.2 Å². The van der Waals surface area contributed by atoms with Crippen LogP contribution in [0.25, 0.3) is 0 Å². The van der Waals surface area contributed by atoms with Crippen molar-refractivity contribution in [1.82, 2.24) is 9.97 Å². The van der Waals surface area contributed by atoms with Crippen LogP contribution in [0.1, 0.15) is 24.3 Å². The molecule has 1 heterocycles. The number of anilines is 2. The molecule has 0 bridgehead atoms. The van der Waals surface area contributed by atoms with Crippen molar-refractivity contribution < 1.29 is 4.79 Å². The third-order valence-electron chi connectivity index (χ3n) is 2.70. The maximum Gasteiger partial charge on any atom is 0.275 e. The maximum atomic E-state index is 12.1. The predicted molar refractivity (Wildman–Crippen MR) is 84.8 cm³/mol. The molecule has 1 aromatic heterocycles. The van der Waals surface area contributed by atoms with Gasteiger partial charge in [-0.25, -0.2) is 9.97 Å². The van der Waals surface area contributed by atoms with Crippen LogP contribution in [0.15, 0.2) is 36.7 Å². The number of hydrogen-bond acceptors (Lipinski definition) is 4. The minimum absolute atomic E-state index is 0.241. The number of nitrogens with zero attached hydrogens (tertiary/aromatic N) is 2. The first-order valence-electron chi connectivity index (χ1n) is 6.68. The number of rotatable bonds is 5. The highest BCUT2D eigenvalue weighted by Gasteiger charge is 2.10. The highest BCUT2D eigenvalue weighted by atomic mass is 35.5. The van der Waals surface area contributed by atoms with Crippen molar-refractivity contribution in [3.8, 4) is 0 Å². The normalized spacial score (nSPS) is 10.5. The Morgan fingerprint density at radius 2 is 2.00 bits per heavy atom. The predicted octanol–water partition coefficient (Wildman–Crippen LogP) is 3.45. The molecule has 0 atom stereocenters. The van der Waals surface area contributed by atoms with E-state index in [0.29, 0.717) is 22.4 Å². The zero-order valence-corrected chi connectivity index (χ0v) is 12.7. The Morgan fingerprint density at radius 1 is 1.24 bits per heavy atom. The van der Waals surface area contributed by atoms with Gasteiger partial charge in [-0.2, -0.15) is 0 Å². The van der Waals surface area contributed by atoms with Gasteiger partial charge in [-0.3, -0.25) is 4.79 Å². The van der Waals surface area contributed by atoms with Crippen LogP contribution in [-0.4, -0.2) is 22.4 Å². The van der Waals surface area contributed by atoms with E-state index < -0.39 is 0 Å². The van der Waals surface area contributed by atoms with Gasteiger partial charge in [0.05, 0.1) is 23.1 Å². The van der Waals surface area contributed by atoms with Crippen molar-refractivity contribution in [2.24, 2.45) is 5.92 Å². The van der Waals surface area contributed by atoms with E-state index in [9.17, 15) is 4.79 Å². The molecular weight excluding hydrogens is 288 g/mol. The van der Waals surface area contributed by atoms with Crippen LogP contribution in [0.4, 0.5) is 11.5 Å². The van der Waals surface area contributed by atoms with Gasteiger partial charge in [0, 0.05) is 6.54 Å². The summed E-state index contributed by atoms with van der Waals surface area (Å²) in [6, 6.07) is 7.03. The van der Waals surface area contributed by atoms with Crippen LogP contribution in [0.3, 0.4) is 0 Å². The fourth-order valence-corrected chi connectivity index (χ4v) is 1.78. The lowest BCUT2D eigenvalue weighted by molar-refractivity contribution is 0.102. The molecule has 0 aliphatic rings. The number of amides is 1. The Kier molecular flexibility index (Phi) is 5.11. The summed E-state index contributed by atoms with van der Waals surface area (Å²) >= 11 is 5.99. The molecule has 1 aromatic carbocycles. The largest absolute Gasteiger partial charge is 0.369 e. The van der Waals surface area contributed by atoms with Gasteiger partial charge < -0.3 is 10.6 Å². The fraction of sp³-hybridized carbons (Fsp3) is 0.267. The molecule has 0 spiro atoms. The van der Waals surface area contributed by atoms with Crippen LogP contribution in [-0.2, 0) is 0 Å². The molecular formula is C15H17ClN4O. The van der Waals surface area contributed by atoms with Crippen molar-refractivity contribution in [2.45, 2.75) is 13.8 Å². The van der Waals surface area contributed by atoms with Gasteiger partial charge in [-0.05, 0) is 18.1 Å². The second-order valence-corrected chi connectivity index (χ2v) is 5.40. The SMILES string of the molecule is CC(C)CNc1cnc(C(=O)Nc2ccccc2Cl)cn1. The van der Waals surface area contributed by atoms with Crippen molar-refractivity contribution >= 4 is 29.0 Å². The smallest absolute Gasteiger partial charge is 0.275 e. The minimum atomic E-state index is -0.342. The number of hydrogen-bond donors (Lipinski definition) is 2. The topological polar surface area (TPSA) is 66.9 Å². The van der Waals surface area contributed by atoms with Gasteiger partial charge in [-0.15, -0.1) is 0 Å². The summed E-state index contributed by atoms with van der Waals surface area (Å²) in [5.41, 5.74) is 0.790. The molecule has 0 saturated carbocycles. The van der Waals surface area contributed by atoms with Crippen LogP contribution in [0, 0.1) is 5.92 Å². The van der Waals surface area contributed by atoms with Crippen molar-refractivity contribution in [1.29, 1.82) is 0 Å². The summed E-state index contributed by atoms with van der Waals surface area (Å²) in [5, 5.41) is 6.33. The number of benzene rings is 1. The van der Waals surface area contributed by atoms with Crippen LogP contribution < -0.4 is 10.6 Å². The van der Waals surface area contributed by atoms with Crippen LogP contribution in [0.2, 0.25) is 5.02 Å². The van der Waals surface area contributed by atoms with Crippen LogP contribution in [0.5, 0.6) is 0 Å². The highest BCUT2D eigenvalue weighted by molar-refractivity contribution is 6.33. The second-order valence-electron chi connectivity index (χ2n) is 5.00. The molecule has 2 rings (SSSR count). The molecule has 2 N–H and O–H groups in total. The van der Waals surface area contributed by atoms with Crippen molar-refractivity contribution in [3.63, 3.8) is 0 Å². The number of carbonyl (C=O) groups is 1. The summed E-state index contributed by atoms with van der Waals surface area (Å²) in [6.45, 7) is 5.01. The van der Waals surface area contributed by atoms with E-state index in [1.54, 1.807) is 30.5 Å². The number of halogens is 1. The molecule has 2 aromatic rings. The highest BCUT2D eigenvalue weighted by Crippen LogP contribution is 2.20. The average molecular weight is 305 g/mol. The Morgan fingerprint density at radius 3 is 2.62 bits per heavy atom. The van der Waals surface area contributed by atoms with E-state index >= 15 is 0 Å². The minimum Gasteiger partial charge on any atom is -0.369 e. The first kappa shape index (κ1) is 15.3. The third-order valence-corrected chi connectivity index (χ3v) is 3.03. The van der Waals surface area contributed by atoms with Crippen LogP contribution >= 0.6 is 11.6 Å².